The van der Waals surface area contributed by atoms with Gasteiger partial charge in [0.2, 0.25) is 0 Å². The van der Waals surface area contributed by atoms with Crippen LogP contribution in [0, 0.1) is 19.8 Å². The smallest absolute Gasteiger partial charge is 0.317 e. The molecule has 0 fully saturated rings. The Morgan fingerprint density at radius 3 is 2.42 bits per heavy atom. The van der Waals surface area contributed by atoms with Crippen LogP contribution in [0.4, 0.5) is 0 Å². The number of ketones is 1. The van der Waals surface area contributed by atoms with Gasteiger partial charge in [-0.15, -0.1) is 0 Å². The predicted octanol–water partition coefficient (Wildman–Crippen LogP) is 4.62. The molecular weight excluding hydrogens is 324 g/mol. The maximum atomic E-state index is 12.9. The van der Waals surface area contributed by atoms with E-state index in [1.54, 1.807) is 13.0 Å². The summed E-state index contributed by atoms with van der Waals surface area (Å²) in [6, 6.07) is 16.1. The number of carbonyl (C=O) groups excluding carboxylic acids is 2. The third-order valence-corrected chi connectivity index (χ3v) is 5.02. The second kappa shape index (κ2) is 7.69. The first-order valence-corrected chi connectivity index (χ1v) is 9.05. The Hall–Kier alpha value is -2.68. The molecule has 1 aliphatic carbocycles. The predicted molar refractivity (Wildman–Crippen MR) is 103 cm³/mol. The van der Waals surface area contributed by atoms with E-state index in [0.29, 0.717) is 6.42 Å². The summed E-state index contributed by atoms with van der Waals surface area (Å²) in [5.41, 5.74) is 5.31. The van der Waals surface area contributed by atoms with Crippen molar-refractivity contribution >= 4 is 17.3 Å². The molecule has 0 spiro atoms. The zero-order valence-corrected chi connectivity index (χ0v) is 15.5. The van der Waals surface area contributed by atoms with Gasteiger partial charge < -0.3 is 4.74 Å². The summed E-state index contributed by atoms with van der Waals surface area (Å²) in [4.78, 5) is 25.4. The van der Waals surface area contributed by atoms with Crippen LogP contribution in [-0.2, 0) is 14.3 Å². The Kier molecular flexibility index (Phi) is 5.36. The van der Waals surface area contributed by atoms with Gasteiger partial charge in [0.15, 0.2) is 5.78 Å². The van der Waals surface area contributed by atoms with Crippen LogP contribution in [0.5, 0.6) is 0 Å². The third-order valence-electron chi connectivity index (χ3n) is 5.02. The van der Waals surface area contributed by atoms with Crippen molar-refractivity contribution in [3.05, 3.63) is 76.9 Å². The number of hydrogen-bond donors (Lipinski definition) is 0. The molecule has 0 aliphatic heterocycles. The van der Waals surface area contributed by atoms with Crippen LogP contribution in [0.15, 0.2) is 54.6 Å². The van der Waals surface area contributed by atoms with E-state index in [9.17, 15) is 9.59 Å². The lowest BCUT2D eigenvalue weighted by molar-refractivity contribution is -0.151. The molecule has 0 bridgehead atoms. The van der Waals surface area contributed by atoms with E-state index >= 15 is 0 Å². The van der Waals surface area contributed by atoms with E-state index < -0.39 is 11.9 Å². The number of hydrogen-bond acceptors (Lipinski definition) is 3. The average molecular weight is 348 g/mol. The van der Waals surface area contributed by atoms with Crippen molar-refractivity contribution in [1.29, 1.82) is 0 Å². The van der Waals surface area contributed by atoms with Crippen molar-refractivity contribution in [3.8, 4) is 0 Å². The molecule has 0 aromatic heterocycles. The highest BCUT2D eigenvalue weighted by Gasteiger charge is 2.40. The zero-order chi connectivity index (χ0) is 18.7. The van der Waals surface area contributed by atoms with E-state index in [0.717, 1.165) is 22.3 Å². The lowest BCUT2D eigenvalue weighted by Gasteiger charge is -2.30. The van der Waals surface area contributed by atoms with Crippen molar-refractivity contribution in [2.75, 3.05) is 6.61 Å². The molecule has 0 saturated heterocycles. The first-order chi connectivity index (χ1) is 12.5. The molecule has 0 unspecified atom stereocenters. The van der Waals surface area contributed by atoms with Crippen LogP contribution in [0.1, 0.15) is 41.5 Å². The second-order valence-electron chi connectivity index (χ2n) is 6.83. The molecule has 0 amide bonds. The standard InChI is InChI=1S/C23H24O3/c1-4-26-23(25)22-20(19-8-6-5-7-16(19)3)13-18(14-21(22)24)17-11-9-15(2)10-12-17/h5-12,14,20,22H,4,13H2,1-3H3/t20-,22-/m1/s1. The van der Waals surface area contributed by atoms with Gasteiger partial charge in [0, 0.05) is 5.92 Å². The van der Waals surface area contributed by atoms with Gasteiger partial charge in [0.25, 0.3) is 0 Å². The first-order valence-electron chi connectivity index (χ1n) is 9.05. The molecule has 0 heterocycles. The lowest BCUT2D eigenvalue weighted by atomic mass is 9.72. The van der Waals surface area contributed by atoms with Gasteiger partial charge in [-0.25, -0.2) is 0 Å². The van der Waals surface area contributed by atoms with Gasteiger partial charge in [-0.1, -0.05) is 54.1 Å². The number of allylic oxidation sites excluding steroid dienone is 2. The van der Waals surface area contributed by atoms with E-state index in [1.165, 1.54) is 5.56 Å². The van der Waals surface area contributed by atoms with Gasteiger partial charge >= 0.3 is 5.97 Å². The molecule has 3 rings (SSSR count). The first kappa shape index (κ1) is 18.1. The van der Waals surface area contributed by atoms with Gasteiger partial charge in [-0.3, -0.25) is 9.59 Å². The minimum absolute atomic E-state index is 0.168. The van der Waals surface area contributed by atoms with E-state index in [2.05, 4.69) is 0 Å². The van der Waals surface area contributed by atoms with Crippen molar-refractivity contribution in [2.45, 2.75) is 33.1 Å². The highest BCUT2D eigenvalue weighted by molar-refractivity contribution is 6.10. The topological polar surface area (TPSA) is 43.4 Å². The maximum absolute atomic E-state index is 12.9. The van der Waals surface area contributed by atoms with Crippen molar-refractivity contribution in [2.24, 2.45) is 5.92 Å². The summed E-state index contributed by atoms with van der Waals surface area (Å²) in [6.45, 7) is 6.10. The molecule has 134 valence electrons. The zero-order valence-electron chi connectivity index (χ0n) is 15.5. The second-order valence-corrected chi connectivity index (χ2v) is 6.83. The molecule has 0 N–H and O–H groups in total. The SMILES string of the molecule is CCOC(=O)[C@H]1C(=O)C=C(c2ccc(C)cc2)C[C@@H]1c1ccccc1C. The van der Waals surface area contributed by atoms with Gasteiger partial charge in [0.1, 0.15) is 5.92 Å². The number of rotatable bonds is 4. The van der Waals surface area contributed by atoms with E-state index in [1.807, 2.05) is 62.4 Å². The van der Waals surface area contributed by atoms with Crippen LogP contribution in [0.2, 0.25) is 0 Å². The number of ether oxygens (including phenoxy) is 1. The lowest BCUT2D eigenvalue weighted by Crippen LogP contribution is -2.34. The summed E-state index contributed by atoms with van der Waals surface area (Å²) in [5, 5.41) is 0. The Balaban J connectivity index is 2.04. The molecule has 2 atom stereocenters. The summed E-state index contributed by atoms with van der Waals surface area (Å²) in [6.07, 6.45) is 2.27. The Bertz CT molecular complexity index is 846. The van der Waals surface area contributed by atoms with Crippen LogP contribution in [0.25, 0.3) is 5.57 Å². The molecule has 0 saturated carbocycles. The number of carbonyl (C=O) groups is 2. The number of esters is 1. The quantitative estimate of drug-likeness (QED) is 0.598. The van der Waals surface area contributed by atoms with Crippen molar-refractivity contribution < 1.29 is 14.3 Å². The highest BCUT2D eigenvalue weighted by atomic mass is 16.5. The molecular formula is C23H24O3. The molecule has 3 nitrogen and oxygen atoms in total. The molecule has 3 heteroatoms. The monoisotopic (exact) mass is 348 g/mol. The fraction of sp³-hybridized carbons (Fsp3) is 0.304. The summed E-state index contributed by atoms with van der Waals surface area (Å²) in [7, 11) is 0. The van der Waals surface area contributed by atoms with Crippen LogP contribution < -0.4 is 0 Å². The molecule has 0 radical (unpaired) electrons. The van der Waals surface area contributed by atoms with Crippen LogP contribution in [0.3, 0.4) is 0 Å². The number of benzene rings is 2. The normalized spacial score (nSPS) is 19.8. The minimum atomic E-state index is -0.773. The van der Waals surface area contributed by atoms with Crippen LogP contribution >= 0.6 is 0 Å². The minimum Gasteiger partial charge on any atom is -0.465 e. The summed E-state index contributed by atoms with van der Waals surface area (Å²) < 4.78 is 5.21. The van der Waals surface area contributed by atoms with Gasteiger partial charge in [-0.2, -0.15) is 0 Å². The van der Waals surface area contributed by atoms with E-state index in [-0.39, 0.29) is 18.3 Å². The van der Waals surface area contributed by atoms with Crippen LogP contribution in [-0.4, -0.2) is 18.4 Å². The van der Waals surface area contributed by atoms with Crippen molar-refractivity contribution in [3.63, 3.8) is 0 Å². The summed E-state index contributed by atoms with van der Waals surface area (Å²) in [5.74, 6) is -1.57. The maximum Gasteiger partial charge on any atom is 0.317 e. The Morgan fingerprint density at radius 2 is 1.77 bits per heavy atom. The molecule has 2 aromatic rings. The average Bonchev–Trinajstić information content (AvgIpc) is 2.62. The van der Waals surface area contributed by atoms with Gasteiger partial charge in [0.05, 0.1) is 6.61 Å². The Labute approximate surface area is 154 Å². The van der Waals surface area contributed by atoms with Gasteiger partial charge in [-0.05, 0) is 55.5 Å². The summed E-state index contributed by atoms with van der Waals surface area (Å²) >= 11 is 0. The van der Waals surface area contributed by atoms with Crippen molar-refractivity contribution in [1.82, 2.24) is 0 Å². The molecule has 2 aromatic carbocycles. The molecule has 26 heavy (non-hydrogen) atoms. The fourth-order valence-electron chi connectivity index (χ4n) is 3.65. The highest BCUT2D eigenvalue weighted by Crippen LogP contribution is 2.41. The fourth-order valence-corrected chi connectivity index (χ4v) is 3.65. The van der Waals surface area contributed by atoms with E-state index in [4.69, 9.17) is 4.74 Å². The number of aryl methyl sites for hydroxylation is 2. The Morgan fingerprint density at radius 1 is 1.08 bits per heavy atom. The largest absolute Gasteiger partial charge is 0.465 e. The third kappa shape index (κ3) is 3.62. The molecule has 1 aliphatic rings.